The van der Waals surface area contributed by atoms with Crippen LogP contribution in [0.25, 0.3) is 6.08 Å². The number of nitrogens with one attached hydrogen (secondary N) is 1. The zero-order chi connectivity index (χ0) is 22.5. The Hall–Kier alpha value is -2.90. The molecule has 0 bridgehead atoms. The quantitative estimate of drug-likeness (QED) is 0.375. The fourth-order valence-electron chi connectivity index (χ4n) is 3.16. The van der Waals surface area contributed by atoms with Crippen LogP contribution in [-0.2, 0) is 16.0 Å². The molecule has 0 atom stereocenters. The summed E-state index contributed by atoms with van der Waals surface area (Å²) in [5, 5.41) is 2.95. The van der Waals surface area contributed by atoms with Crippen LogP contribution in [0.15, 0.2) is 42.0 Å². The minimum absolute atomic E-state index is 0.0381. The summed E-state index contributed by atoms with van der Waals surface area (Å²) in [7, 11) is 0. The molecule has 1 saturated heterocycles. The number of ether oxygens (including phenoxy) is 2. The van der Waals surface area contributed by atoms with Gasteiger partial charge < -0.3 is 9.47 Å². The van der Waals surface area contributed by atoms with Crippen molar-refractivity contribution in [1.82, 2.24) is 5.32 Å². The van der Waals surface area contributed by atoms with Gasteiger partial charge in [0, 0.05) is 0 Å². The highest BCUT2D eigenvalue weighted by Gasteiger charge is 2.34. The van der Waals surface area contributed by atoms with E-state index in [1.165, 1.54) is 11.0 Å². The molecule has 6 nitrogen and oxygen atoms in total. The summed E-state index contributed by atoms with van der Waals surface area (Å²) in [6.45, 7) is 6.56. The van der Waals surface area contributed by atoms with Crippen molar-refractivity contribution in [2.24, 2.45) is 0 Å². The molecule has 162 valence electrons. The highest BCUT2D eigenvalue weighted by molar-refractivity contribution is 7.80. The second-order valence-electron chi connectivity index (χ2n) is 6.67. The molecule has 2 aromatic carbocycles. The third-order valence-electron chi connectivity index (χ3n) is 4.64. The predicted molar refractivity (Wildman–Crippen MR) is 126 cm³/mol. The standard InChI is InChI=1S/C23H23ClN2O4S/c1-4-14-7-9-16(10-8-14)26-22(28)17(21(27)25-23(26)31)11-15-12-18(24)20(30-6-3)19(13-15)29-5-2/h7-13H,4-6H2,1-3H3,(H,25,27,31). The van der Waals surface area contributed by atoms with Gasteiger partial charge in [0.25, 0.3) is 11.8 Å². The fourth-order valence-corrected chi connectivity index (χ4v) is 3.71. The Morgan fingerprint density at radius 3 is 2.35 bits per heavy atom. The second kappa shape index (κ2) is 9.94. The normalized spacial score (nSPS) is 15.3. The average molecular weight is 459 g/mol. The van der Waals surface area contributed by atoms with Crippen LogP contribution in [0.3, 0.4) is 0 Å². The van der Waals surface area contributed by atoms with Gasteiger partial charge in [0.1, 0.15) is 5.57 Å². The Labute approximate surface area is 191 Å². The van der Waals surface area contributed by atoms with E-state index in [4.69, 9.17) is 33.3 Å². The molecule has 1 N–H and O–H groups in total. The van der Waals surface area contributed by atoms with Gasteiger partial charge in [0.2, 0.25) is 0 Å². The van der Waals surface area contributed by atoms with Crippen molar-refractivity contribution >= 4 is 52.5 Å². The number of anilines is 1. The molecule has 1 heterocycles. The first kappa shape index (κ1) is 22.8. The molecular formula is C23H23ClN2O4S. The smallest absolute Gasteiger partial charge is 0.270 e. The minimum Gasteiger partial charge on any atom is -0.490 e. The van der Waals surface area contributed by atoms with E-state index in [9.17, 15) is 9.59 Å². The molecule has 0 aliphatic carbocycles. The average Bonchev–Trinajstić information content (AvgIpc) is 2.74. The number of hydrogen-bond acceptors (Lipinski definition) is 5. The molecule has 8 heteroatoms. The summed E-state index contributed by atoms with van der Waals surface area (Å²) in [5.74, 6) is -0.221. The monoisotopic (exact) mass is 458 g/mol. The van der Waals surface area contributed by atoms with Gasteiger partial charge in [0.05, 0.1) is 23.9 Å². The van der Waals surface area contributed by atoms with Crippen LogP contribution in [0.1, 0.15) is 31.9 Å². The van der Waals surface area contributed by atoms with Crippen LogP contribution in [0.4, 0.5) is 5.69 Å². The van der Waals surface area contributed by atoms with Crippen LogP contribution in [0, 0.1) is 0 Å². The van der Waals surface area contributed by atoms with Crippen molar-refractivity contribution in [3.63, 3.8) is 0 Å². The van der Waals surface area contributed by atoms with E-state index in [1.807, 2.05) is 32.9 Å². The largest absolute Gasteiger partial charge is 0.490 e. The van der Waals surface area contributed by atoms with E-state index in [0.717, 1.165) is 12.0 Å². The van der Waals surface area contributed by atoms with Crippen molar-refractivity contribution in [2.75, 3.05) is 18.1 Å². The zero-order valence-corrected chi connectivity index (χ0v) is 19.1. The van der Waals surface area contributed by atoms with Gasteiger partial charge in [-0.15, -0.1) is 0 Å². The van der Waals surface area contributed by atoms with Gasteiger partial charge >= 0.3 is 0 Å². The second-order valence-corrected chi connectivity index (χ2v) is 7.47. The number of nitrogens with zero attached hydrogens (tertiary/aromatic N) is 1. The fraction of sp³-hybridized carbons (Fsp3) is 0.261. The highest BCUT2D eigenvalue weighted by atomic mass is 35.5. The number of benzene rings is 2. The van der Waals surface area contributed by atoms with Crippen LogP contribution >= 0.6 is 23.8 Å². The number of aryl methyl sites for hydroxylation is 1. The maximum absolute atomic E-state index is 13.2. The summed E-state index contributed by atoms with van der Waals surface area (Å²) in [4.78, 5) is 27.1. The lowest BCUT2D eigenvalue weighted by atomic mass is 10.1. The van der Waals surface area contributed by atoms with Crippen LogP contribution < -0.4 is 19.7 Å². The molecule has 1 fully saturated rings. The zero-order valence-electron chi connectivity index (χ0n) is 17.5. The van der Waals surface area contributed by atoms with E-state index < -0.39 is 11.8 Å². The SMILES string of the molecule is CCOc1cc(C=C2C(=O)NC(=S)N(c3ccc(CC)cc3)C2=O)cc(Cl)c1OCC. The number of thiocarbonyl (C=S) groups is 1. The minimum atomic E-state index is -0.570. The van der Waals surface area contributed by atoms with Crippen LogP contribution in [0.5, 0.6) is 11.5 Å². The first-order valence-electron chi connectivity index (χ1n) is 9.99. The first-order valence-corrected chi connectivity index (χ1v) is 10.8. The van der Waals surface area contributed by atoms with Gasteiger partial charge in [-0.05, 0) is 74.0 Å². The molecule has 0 radical (unpaired) electrons. The van der Waals surface area contributed by atoms with Gasteiger partial charge in [-0.1, -0.05) is 30.7 Å². The Morgan fingerprint density at radius 1 is 1.06 bits per heavy atom. The highest BCUT2D eigenvalue weighted by Crippen LogP contribution is 2.37. The van der Waals surface area contributed by atoms with Crippen LogP contribution in [-0.4, -0.2) is 30.1 Å². The van der Waals surface area contributed by atoms with E-state index in [0.29, 0.717) is 41.0 Å². The van der Waals surface area contributed by atoms with Gasteiger partial charge in [0.15, 0.2) is 16.6 Å². The molecule has 0 saturated carbocycles. The Balaban J connectivity index is 2.01. The van der Waals surface area contributed by atoms with Gasteiger partial charge in [-0.3, -0.25) is 19.8 Å². The van der Waals surface area contributed by atoms with Crippen molar-refractivity contribution in [1.29, 1.82) is 0 Å². The number of hydrogen-bond donors (Lipinski definition) is 1. The van der Waals surface area contributed by atoms with Gasteiger partial charge in [-0.2, -0.15) is 0 Å². The maximum atomic E-state index is 13.2. The molecule has 31 heavy (non-hydrogen) atoms. The third-order valence-corrected chi connectivity index (χ3v) is 5.20. The first-order chi connectivity index (χ1) is 14.9. The maximum Gasteiger partial charge on any atom is 0.270 e. The summed E-state index contributed by atoms with van der Waals surface area (Å²) >= 11 is 11.6. The molecule has 0 spiro atoms. The third kappa shape index (κ3) is 4.89. The number of halogens is 1. The molecule has 3 rings (SSSR count). The van der Waals surface area contributed by atoms with E-state index in [-0.39, 0.29) is 10.7 Å². The van der Waals surface area contributed by atoms with Crippen molar-refractivity contribution < 1.29 is 19.1 Å². The molecule has 1 aliphatic heterocycles. The lowest BCUT2D eigenvalue weighted by molar-refractivity contribution is -0.122. The molecule has 0 unspecified atom stereocenters. The Kier molecular flexibility index (Phi) is 7.30. The molecule has 0 aromatic heterocycles. The molecule has 2 aromatic rings. The number of amides is 2. The van der Waals surface area contributed by atoms with E-state index in [2.05, 4.69) is 5.32 Å². The molecular weight excluding hydrogens is 436 g/mol. The topological polar surface area (TPSA) is 67.9 Å². The summed E-state index contributed by atoms with van der Waals surface area (Å²) in [6.07, 6.45) is 2.35. The van der Waals surface area contributed by atoms with E-state index >= 15 is 0 Å². The number of carbonyl (C=O) groups is 2. The molecule has 2 amide bonds. The Bertz CT molecular complexity index is 1050. The summed E-state index contributed by atoms with van der Waals surface area (Å²) in [5.41, 5.74) is 2.18. The number of rotatable bonds is 7. The van der Waals surface area contributed by atoms with Crippen molar-refractivity contribution in [3.8, 4) is 11.5 Å². The Morgan fingerprint density at radius 2 is 1.74 bits per heavy atom. The molecule has 1 aliphatic rings. The van der Waals surface area contributed by atoms with Gasteiger partial charge in [-0.25, -0.2) is 0 Å². The summed E-state index contributed by atoms with van der Waals surface area (Å²) < 4.78 is 11.2. The summed E-state index contributed by atoms with van der Waals surface area (Å²) in [6, 6.07) is 10.8. The van der Waals surface area contributed by atoms with Crippen molar-refractivity contribution in [2.45, 2.75) is 27.2 Å². The predicted octanol–water partition coefficient (Wildman–Crippen LogP) is 4.53. The lowest BCUT2D eigenvalue weighted by Crippen LogP contribution is -2.54. The van der Waals surface area contributed by atoms with Crippen molar-refractivity contribution in [3.05, 3.63) is 58.1 Å². The van der Waals surface area contributed by atoms with Crippen LogP contribution in [0.2, 0.25) is 5.02 Å². The lowest BCUT2D eigenvalue weighted by Gasteiger charge is -2.29. The number of carbonyl (C=O) groups excluding carboxylic acids is 2. The van der Waals surface area contributed by atoms with E-state index in [1.54, 1.807) is 24.3 Å².